The Bertz CT molecular complexity index is 445. The molecule has 0 spiro atoms. The van der Waals surface area contributed by atoms with E-state index in [1.165, 1.54) is 19.3 Å². The van der Waals surface area contributed by atoms with Gasteiger partial charge in [-0.1, -0.05) is 19.4 Å². The number of nitro benzene ring substituents is 1. The van der Waals surface area contributed by atoms with Crippen LogP contribution in [0, 0.1) is 28.9 Å². The summed E-state index contributed by atoms with van der Waals surface area (Å²) in [6.45, 7) is 5.07. The Morgan fingerprint density at radius 3 is 2.83 bits per heavy atom. The van der Waals surface area contributed by atoms with Crippen molar-refractivity contribution < 1.29 is 4.92 Å². The molecule has 18 heavy (non-hydrogen) atoms. The first kappa shape index (κ1) is 12.9. The Morgan fingerprint density at radius 2 is 2.22 bits per heavy atom. The zero-order valence-corrected chi connectivity index (χ0v) is 11.0. The van der Waals surface area contributed by atoms with E-state index in [2.05, 4.69) is 12.2 Å². The van der Waals surface area contributed by atoms with Crippen molar-refractivity contribution in [3.05, 3.63) is 33.9 Å². The minimum Gasteiger partial charge on any atom is -0.379 e. The second-order valence-electron chi connectivity index (χ2n) is 5.44. The molecular formula is C14H20N2O2. The van der Waals surface area contributed by atoms with Crippen LogP contribution >= 0.6 is 0 Å². The molecule has 1 saturated carbocycles. The lowest BCUT2D eigenvalue weighted by atomic mass is 10.1. The van der Waals surface area contributed by atoms with Gasteiger partial charge in [0, 0.05) is 12.6 Å². The molecule has 2 rings (SSSR count). The molecule has 0 saturated heterocycles. The highest BCUT2D eigenvalue weighted by Crippen LogP contribution is 2.32. The van der Waals surface area contributed by atoms with Gasteiger partial charge in [0.25, 0.3) is 5.69 Å². The fraction of sp³-hybridized carbons (Fsp3) is 0.571. The van der Waals surface area contributed by atoms with Crippen LogP contribution < -0.4 is 5.32 Å². The second kappa shape index (κ2) is 5.38. The van der Waals surface area contributed by atoms with Crippen molar-refractivity contribution in [3.63, 3.8) is 0 Å². The maximum Gasteiger partial charge on any atom is 0.292 e. The van der Waals surface area contributed by atoms with Crippen molar-refractivity contribution in [1.29, 1.82) is 0 Å². The zero-order chi connectivity index (χ0) is 13.1. The van der Waals surface area contributed by atoms with E-state index in [1.807, 2.05) is 13.0 Å². The number of rotatable bonds is 4. The minimum atomic E-state index is -0.320. The van der Waals surface area contributed by atoms with Crippen molar-refractivity contribution in [2.24, 2.45) is 11.8 Å². The van der Waals surface area contributed by atoms with Gasteiger partial charge in [-0.2, -0.15) is 0 Å². The highest BCUT2D eigenvalue weighted by molar-refractivity contribution is 5.62. The van der Waals surface area contributed by atoms with Gasteiger partial charge in [-0.3, -0.25) is 10.1 Å². The highest BCUT2D eigenvalue weighted by atomic mass is 16.6. The van der Waals surface area contributed by atoms with Gasteiger partial charge in [0.1, 0.15) is 5.69 Å². The average Bonchev–Trinajstić information content (AvgIpc) is 2.72. The van der Waals surface area contributed by atoms with E-state index in [1.54, 1.807) is 12.1 Å². The summed E-state index contributed by atoms with van der Waals surface area (Å²) < 4.78 is 0. The first-order valence-electron chi connectivity index (χ1n) is 6.55. The molecule has 1 aliphatic rings. The van der Waals surface area contributed by atoms with Gasteiger partial charge in [-0.25, -0.2) is 0 Å². The lowest BCUT2D eigenvalue weighted by molar-refractivity contribution is -0.384. The molecule has 0 bridgehead atoms. The smallest absolute Gasteiger partial charge is 0.292 e. The summed E-state index contributed by atoms with van der Waals surface area (Å²) in [5, 5.41) is 14.2. The number of anilines is 1. The predicted octanol–water partition coefficient (Wildman–Crippen LogP) is 3.75. The summed E-state index contributed by atoms with van der Waals surface area (Å²) in [5.41, 5.74) is 1.87. The Hall–Kier alpha value is -1.58. The molecule has 4 nitrogen and oxygen atoms in total. The van der Waals surface area contributed by atoms with Crippen molar-refractivity contribution in [3.8, 4) is 0 Å². The monoisotopic (exact) mass is 248 g/mol. The van der Waals surface area contributed by atoms with E-state index in [4.69, 9.17) is 0 Å². The van der Waals surface area contributed by atoms with Crippen molar-refractivity contribution in [1.82, 2.24) is 0 Å². The molecule has 1 fully saturated rings. The van der Waals surface area contributed by atoms with Crippen LogP contribution in [-0.2, 0) is 0 Å². The van der Waals surface area contributed by atoms with Crippen molar-refractivity contribution >= 4 is 11.4 Å². The highest BCUT2D eigenvalue weighted by Gasteiger charge is 2.22. The van der Waals surface area contributed by atoms with Crippen LogP contribution in [0.25, 0.3) is 0 Å². The van der Waals surface area contributed by atoms with Gasteiger partial charge in [0.05, 0.1) is 4.92 Å². The van der Waals surface area contributed by atoms with Crippen LogP contribution in [-0.4, -0.2) is 11.5 Å². The summed E-state index contributed by atoms with van der Waals surface area (Å²) in [6, 6.07) is 5.21. The van der Waals surface area contributed by atoms with Gasteiger partial charge in [0.15, 0.2) is 0 Å². The number of benzene rings is 1. The lowest BCUT2D eigenvalue weighted by Crippen LogP contribution is -2.12. The molecule has 0 aliphatic heterocycles. The van der Waals surface area contributed by atoms with Crippen LogP contribution in [0.15, 0.2) is 18.2 Å². The first-order chi connectivity index (χ1) is 8.56. The molecule has 0 radical (unpaired) electrons. The molecule has 4 heteroatoms. The third-order valence-corrected chi connectivity index (χ3v) is 3.73. The molecule has 0 aromatic heterocycles. The Labute approximate surface area is 108 Å². The molecule has 2 atom stereocenters. The molecule has 1 aromatic carbocycles. The molecule has 1 aliphatic carbocycles. The first-order valence-corrected chi connectivity index (χ1v) is 6.55. The van der Waals surface area contributed by atoms with Gasteiger partial charge >= 0.3 is 0 Å². The van der Waals surface area contributed by atoms with E-state index in [-0.39, 0.29) is 10.6 Å². The molecule has 0 heterocycles. The molecule has 0 amide bonds. The predicted molar refractivity (Wildman–Crippen MR) is 72.8 cm³/mol. The van der Waals surface area contributed by atoms with Crippen LogP contribution in [0.5, 0.6) is 0 Å². The summed E-state index contributed by atoms with van der Waals surface area (Å²) >= 11 is 0. The summed E-state index contributed by atoms with van der Waals surface area (Å²) in [6.07, 6.45) is 3.74. The Kier molecular flexibility index (Phi) is 3.84. The van der Waals surface area contributed by atoms with E-state index in [0.717, 1.165) is 18.0 Å². The maximum atomic E-state index is 10.9. The zero-order valence-electron chi connectivity index (χ0n) is 11.0. The SMILES string of the molecule is Cc1ccc([N+](=O)[O-])c(NCC2CCC(C)C2)c1. The summed E-state index contributed by atoms with van der Waals surface area (Å²) in [4.78, 5) is 10.6. The number of hydrogen-bond acceptors (Lipinski definition) is 3. The van der Waals surface area contributed by atoms with Crippen LogP contribution in [0.2, 0.25) is 0 Å². The standard InChI is InChI=1S/C14H20N2O2/c1-10-3-5-12(7-10)9-15-13-8-11(2)4-6-14(13)16(17)18/h4,6,8,10,12,15H,3,5,7,9H2,1-2H3. The third-order valence-electron chi connectivity index (χ3n) is 3.73. The normalized spacial score (nSPS) is 23.0. The van der Waals surface area contributed by atoms with Crippen molar-refractivity contribution in [2.75, 3.05) is 11.9 Å². The third kappa shape index (κ3) is 3.00. The van der Waals surface area contributed by atoms with Gasteiger partial charge in [-0.15, -0.1) is 0 Å². The summed E-state index contributed by atoms with van der Waals surface area (Å²) in [5.74, 6) is 1.45. The van der Waals surface area contributed by atoms with Crippen LogP contribution in [0.4, 0.5) is 11.4 Å². The minimum absolute atomic E-state index is 0.173. The largest absolute Gasteiger partial charge is 0.379 e. The molecular weight excluding hydrogens is 228 g/mol. The van der Waals surface area contributed by atoms with Crippen molar-refractivity contribution in [2.45, 2.75) is 33.1 Å². The fourth-order valence-corrected chi connectivity index (χ4v) is 2.72. The lowest BCUT2D eigenvalue weighted by Gasteiger charge is -2.12. The van der Waals surface area contributed by atoms with E-state index >= 15 is 0 Å². The molecule has 2 unspecified atom stereocenters. The molecule has 1 N–H and O–H groups in total. The Balaban J connectivity index is 2.04. The van der Waals surface area contributed by atoms with E-state index < -0.39 is 0 Å². The van der Waals surface area contributed by atoms with Crippen LogP contribution in [0.3, 0.4) is 0 Å². The number of nitrogens with zero attached hydrogens (tertiary/aromatic N) is 1. The quantitative estimate of drug-likeness (QED) is 0.652. The molecule has 1 aromatic rings. The summed E-state index contributed by atoms with van der Waals surface area (Å²) in [7, 11) is 0. The number of hydrogen-bond donors (Lipinski definition) is 1. The average molecular weight is 248 g/mol. The maximum absolute atomic E-state index is 10.9. The van der Waals surface area contributed by atoms with Gasteiger partial charge in [0.2, 0.25) is 0 Å². The number of nitrogens with one attached hydrogen (secondary N) is 1. The Morgan fingerprint density at radius 1 is 1.44 bits per heavy atom. The van der Waals surface area contributed by atoms with Gasteiger partial charge < -0.3 is 5.32 Å². The van der Waals surface area contributed by atoms with E-state index in [9.17, 15) is 10.1 Å². The van der Waals surface area contributed by atoms with Crippen LogP contribution in [0.1, 0.15) is 31.7 Å². The topological polar surface area (TPSA) is 55.2 Å². The fourth-order valence-electron chi connectivity index (χ4n) is 2.72. The van der Waals surface area contributed by atoms with Gasteiger partial charge in [-0.05, 0) is 43.2 Å². The number of aryl methyl sites for hydroxylation is 1. The number of nitro groups is 1. The second-order valence-corrected chi connectivity index (χ2v) is 5.44. The molecule has 98 valence electrons. The van der Waals surface area contributed by atoms with E-state index in [0.29, 0.717) is 11.6 Å².